The number of hydrogen-bond acceptors (Lipinski definition) is 8. The summed E-state index contributed by atoms with van der Waals surface area (Å²) in [6.45, 7) is 0.420. The van der Waals surface area contributed by atoms with Gasteiger partial charge < -0.3 is 29.6 Å². The Kier molecular flexibility index (Phi) is 9.04. The number of carbonyl (C=O) groups is 4. The molecule has 2 saturated heterocycles. The molecule has 0 saturated carbocycles. The molecule has 1 atom stereocenters. The topological polar surface area (TPSA) is 141 Å². The van der Waals surface area contributed by atoms with Crippen LogP contribution in [-0.4, -0.2) is 95.0 Å². The molecule has 2 aliphatic heterocycles. The number of carbonyl (C=O) groups excluding carboxylic acids is 4. The van der Waals surface area contributed by atoms with Gasteiger partial charge in [-0.3, -0.25) is 24.3 Å². The Bertz CT molecular complexity index is 1790. The van der Waals surface area contributed by atoms with Crippen LogP contribution in [0.1, 0.15) is 16.1 Å². The minimum Gasteiger partial charge on any atom is -0.442 e. The van der Waals surface area contributed by atoms with Crippen LogP contribution >= 0.6 is 0 Å². The highest BCUT2D eigenvalue weighted by atomic mass is 19.1. The molecule has 2 aliphatic rings. The Hall–Kier alpha value is -5.86. The van der Waals surface area contributed by atoms with Gasteiger partial charge in [0, 0.05) is 63.0 Å². The predicted octanol–water partition coefficient (Wildman–Crippen LogP) is 2.24. The van der Waals surface area contributed by atoms with Crippen LogP contribution in [0.4, 0.5) is 25.0 Å². The Balaban J connectivity index is 0.989. The lowest BCUT2D eigenvalue weighted by Gasteiger charge is -2.36. The summed E-state index contributed by atoms with van der Waals surface area (Å²) < 4.78 is 37.5. The van der Waals surface area contributed by atoms with E-state index in [1.807, 2.05) is 30.3 Å². The smallest absolute Gasteiger partial charge is 0.414 e. The van der Waals surface area contributed by atoms with Crippen LogP contribution in [0.25, 0.3) is 11.7 Å². The lowest BCUT2D eigenvalue weighted by Crippen LogP contribution is -2.51. The van der Waals surface area contributed by atoms with Crippen LogP contribution in [-0.2, 0) is 14.3 Å². The third-order valence-corrected chi connectivity index (χ3v) is 7.76. The van der Waals surface area contributed by atoms with E-state index in [1.165, 1.54) is 28.3 Å². The summed E-state index contributed by atoms with van der Waals surface area (Å²) in [4.78, 5) is 62.2. The quantitative estimate of drug-likeness (QED) is 0.265. The molecule has 2 aromatic carbocycles. The number of imidazole rings is 1. The molecule has 2 aromatic heterocycles. The number of amides is 4. The SMILES string of the molecule is O=C(C=Cc1ccccc1)NC[C@H]1CN(c2cc(F)c(N3CCN(C(=O)CNC(=O)c4cn5ccncc5n4)CC3)c(F)c2)C(=O)O1. The molecule has 4 amide bonds. The first kappa shape index (κ1) is 31.1. The van der Waals surface area contributed by atoms with Gasteiger partial charge in [0.05, 0.1) is 31.5 Å². The molecule has 2 N–H and O–H groups in total. The van der Waals surface area contributed by atoms with Crippen molar-refractivity contribution in [2.24, 2.45) is 0 Å². The molecule has 0 spiro atoms. The zero-order valence-electron chi connectivity index (χ0n) is 25.0. The highest BCUT2D eigenvalue weighted by molar-refractivity contribution is 5.95. The predicted molar refractivity (Wildman–Crippen MR) is 167 cm³/mol. The Morgan fingerprint density at radius 3 is 2.49 bits per heavy atom. The molecular formula is C32H30F2N8O5. The van der Waals surface area contributed by atoms with Gasteiger partial charge in [-0.05, 0) is 11.6 Å². The number of cyclic esters (lactones) is 1. The standard InChI is InChI=1S/C32H30F2N8O5/c33-24-14-22(42-19-23(47-32(42)46)16-36-28(43)7-6-21-4-2-1-3-5-21)15-25(34)30(24)40-12-10-39(11-13-40)29(44)18-37-31(45)26-20-41-9-8-35-17-27(41)38-26/h1-9,14-15,17,20,23H,10-13,16,18-19H2,(H,36,43)(H,37,45)/t23-/m0/s1. The number of fused-ring (bicyclic) bond motifs is 1. The Morgan fingerprint density at radius 1 is 1.02 bits per heavy atom. The third kappa shape index (κ3) is 7.19. The van der Waals surface area contributed by atoms with Crippen LogP contribution in [0.15, 0.2) is 73.3 Å². The van der Waals surface area contributed by atoms with Crippen molar-refractivity contribution in [1.82, 2.24) is 29.9 Å². The average Bonchev–Trinajstić information content (AvgIpc) is 3.69. The first-order valence-electron chi connectivity index (χ1n) is 14.8. The van der Waals surface area contributed by atoms with Crippen LogP contribution in [0.3, 0.4) is 0 Å². The monoisotopic (exact) mass is 644 g/mol. The largest absolute Gasteiger partial charge is 0.442 e. The molecule has 0 unspecified atom stereocenters. The first-order valence-corrected chi connectivity index (χ1v) is 14.8. The van der Waals surface area contributed by atoms with Gasteiger partial charge in [0.1, 0.15) is 17.5 Å². The molecule has 242 valence electrons. The maximum absolute atomic E-state index is 15.3. The van der Waals surface area contributed by atoms with Crippen molar-refractivity contribution in [3.63, 3.8) is 0 Å². The van der Waals surface area contributed by atoms with E-state index in [4.69, 9.17) is 4.74 Å². The summed E-state index contributed by atoms with van der Waals surface area (Å²) in [5, 5.41) is 5.22. The van der Waals surface area contributed by atoms with E-state index in [2.05, 4.69) is 20.6 Å². The van der Waals surface area contributed by atoms with Gasteiger partial charge in [-0.25, -0.2) is 18.6 Å². The second kappa shape index (κ2) is 13.6. The van der Waals surface area contributed by atoms with Crippen molar-refractivity contribution < 1.29 is 32.7 Å². The van der Waals surface area contributed by atoms with Gasteiger partial charge in [-0.15, -0.1) is 0 Å². The third-order valence-electron chi connectivity index (χ3n) is 7.76. The van der Waals surface area contributed by atoms with Crippen molar-refractivity contribution >= 4 is 46.9 Å². The number of nitrogens with zero attached hydrogens (tertiary/aromatic N) is 6. The summed E-state index contributed by atoms with van der Waals surface area (Å²) in [7, 11) is 0. The Labute approximate surface area is 267 Å². The van der Waals surface area contributed by atoms with Crippen LogP contribution in [0, 0.1) is 11.6 Å². The van der Waals surface area contributed by atoms with Gasteiger partial charge in [-0.1, -0.05) is 30.3 Å². The molecule has 4 aromatic rings. The number of nitrogens with one attached hydrogen (secondary N) is 2. The van der Waals surface area contributed by atoms with Crippen LogP contribution in [0.5, 0.6) is 0 Å². The average molecular weight is 645 g/mol. The fourth-order valence-electron chi connectivity index (χ4n) is 5.35. The molecule has 15 heteroatoms. The number of rotatable bonds is 9. The van der Waals surface area contributed by atoms with Crippen molar-refractivity contribution in [2.45, 2.75) is 6.10 Å². The number of benzene rings is 2. The van der Waals surface area contributed by atoms with E-state index in [9.17, 15) is 19.2 Å². The molecule has 47 heavy (non-hydrogen) atoms. The fraction of sp³-hybridized carbons (Fsp3) is 0.250. The zero-order chi connectivity index (χ0) is 32.9. The second-order valence-electron chi connectivity index (χ2n) is 10.9. The number of halogens is 2. The fourth-order valence-corrected chi connectivity index (χ4v) is 5.35. The van der Waals surface area contributed by atoms with Crippen molar-refractivity contribution in [3.05, 3.63) is 96.2 Å². The van der Waals surface area contributed by atoms with E-state index in [-0.39, 0.29) is 74.7 Å². The molecule has 4 heterocycles. The second-order valence-corrected chi connectivity index (χ2v) is 10.9. The van der Waals surface area contributed by atoms with Gasteiger partial charge in [-0.2, -0.15) is 0 Å². The zero-order valence-corrected chi connectivity index (χ0v) is 25.0. The molecule has 0 radical (unpaired) electrons. The van der Waals surface area contributed by atoms with Crippen molar-refractivity contribution in [3.8, 4) is 0 Å². The van der Waals surface area contributed by atoms with E-state index in [1.54, 1.807) is 22.9 Å². The maximum Gasteiger partial charge on any atom is 0.414 e. The number of ether oxygens (including phenoxy) is 1. The first-order chi connectivity index (χ1) is 22.7. The van der Waals surface area contributed by atoms with E-state index in [0.29, 0.717) is 5.65 Å². The normalized spacial score (nSPS) is 16.5. The number of hydrogen-bond donors (Lipinski definition) is 2. The van der Waals surface area contributed by atoms with Crippen molar-refractivity contribution in [1.29, 1.82) is 0 Å². The molecular weight excluding hydrogens is 614 g/mol. The lowest BCUT2D eigenvalue weighted by atomic mass is 10.2. The van der Waals surface area contributed by atoms with Crippen LogP contribution in [0.2, 0.25) is 0 Å². The van der Waals surface area contributed by atoms with Gasteiger partial charge >= 0.3 is 6.09 Å². The lowest BCUT2D eigenvalue weighted by molar-refractivity contribution is -0.130. The summed E-state index contributed by atoms with van der Waals surface area (Å²) in [5.41, 5.74) is 1.20. The summed E-state index contributed by atoms with van der Waals surface area (Å²) in [6.07, 6.45) is 7.76. The molecule has 2 fully saturated rings. The molecule has 0 aliphatic carbocycles. The Morgan fingerprint density at radius 2 is 1.77 bits per heavy atom. The van der Waals surface area contributed by atoms with Crippen LogP contribution < -0.4 is 20.4 Å². The number of anilines is 2. The minimum atomic E-state index is -0.870. The maximum atomic E-state index is 15.3. The molecule has 6 rings (SSSR count). The highest BCUT2D eigenvalue weighted by Crippen LogP contribution is 2.31. The van der Waals surface area contributed by atoms with E-state index >= 15 is 8.78 Å². The van der Waals surface area contributed by atoms with Gasteiger partial charge in [0.15, 0.2) is 17.3 Å². The minimum absolute atomic E-state index is 0.00851. The molecule has 13 nitrogen and oxygen atoms in total. The number of aromatic nitrogens is 3. The van der Waals surface area contributed by atoms with Gasteiger partial charge in [0.2, 0.25) is 11.8 Å². The van der Waals surface area contributed by atoms with E-state index in [0.717, 1.165) is 22.6 Å². The van der Waals surface area contributed by atoms with Gasteiger partial charge in [0.25, 0.3) is 5.91 Å². The number of piperazine rings is 1. The highest BCUT2D eigenvalue weighted by Gasteiger charge is 2.34. The summed E-state index contributed by atoms with van der Waals surface area (Å²) in [5.74, 6) is -2.97. The summed E-state index contributed by atoms with van der Waals surface area (Å²) >= 11 is 0. The van der Waals surface area contributed by atoms with Crippen molar-refractivity contribution in [2.75, 3.05) is 55.6 Å². The summed E-state index contributed by atoms with van der Waals surface area (Å²) in [6, 6.07) is 11.4. The van der Waals surface area contributed by atoms with E-state index < -0.39 is 29.7 Å². The molecule has 0 bridgehead atoms.